The summed E-state index contributed by atoms with van der Waals surface area (Å²) in [5, 5.41) is 0. The number of hydrogen-bond donors (Lipinski definition) is 0. The Bertz CT molecular complexity index is 328. The molecule has 0 bridgehead atoms. The van der Waals surface area contributed by atoms with Crippen LogP contribution in [0, 0.1) is 11.7 Å². The zero-order valence-corrected chi connectivity index (χ0v) is 14.2. The van der Waals surface area contributed by atoms with Crippen LogP contribution in [0.3, 0.4) is 0 Å². The van der Waals surface area contributed by atoms with Gasteiger partial charge in [0.05, 0.1) is 0 Å². The summed E-state index contributed by atoms with van der Waals surface area (Å²) in [7, 11) is 0. The predicted octanol–water partition coefficient (Wildman–Crippen LogP) is 1.68. The van der Waals surface area contributed by atoms with E-state index in [0.717, 1.165) is 8.64 Å². The summed E-state index contributed by atoms with van der Waals surface area (Å²) >= 11 is 0.427. The number of benzene rings is 1. The molecule has 0 saturated carbocycles. The fourth-order valence-electron chi connectivity index (χ4n) is 1.60. The van der Waals surface area contributed by atoms with E-state index >= 15 is 0 Å². The summed E-state index contributed by atoms with van der Waals surface area (Å²) in [6, 6.07) is 5.06. The molecule has 1 aromatic carbocycles. The fourth-order valence-corrected chi connectivity index (χ4v) is 3.28. The van der Waals surface area contributed by atoms with Gasteiger partial charge in [0.2, 0.25) is 0 Å². The second kappa shape index (κ2) is 4.89. The Morgan fingerprint density at radius 1 is 1.27 bits per heavy atom. The molecule has 1 aromatic rings. The Labute approximate surface area is 105 Å². The van der Waals surface area contributed by atoms with Crippen LogP contribution in [0.25, 0.3) is 0 Å². The van der Waals surface area contributed by atoms with Crippen molar-refractivity contribution in [2.75, 3.05) is 13.2 Å². The van der Waals surface area contributed by atoms with Crippen molar-refractivity contribution >= 4 is 3.07 Å². The molecule has 0 atom stereocenters. The minimum atomic E-state index is -0.376. The molecule has 0 amide bonds. The second-order valence-electron chi connectivity index (χ2n) is 4.00. The van der Waals surface area contributed by atoms with E-state index in [1.807, 2.05) is 6.07 Å². The second-order valence-corrected chi connectivity index (χ2v) is 7.17. The molecular weight excluding hydrogens is 384 g/mol. The van der Waals surface area contributed by atoms with Gasteiger partial charge in [0.1, 0.15) is 0 Å². The molecule has 15 heavy (non-hydrogen) atoms. The van der Waals surface area contributed by atoms with Crippen molar-refractivity contribution in [2.24, 2.45) is 5.92 Å². The molecule has 2 nitrogen and oxygen atoms in total. The van der Waals surface area contributed by atoms with Gasteiger partial charge in [-0.3, -0.25) is 0 Å². The van der Waals surface area contributed by atoms with Crippen molar-refractivity contribution in [3.8, 4) is 0 Å². The summed E-state index contributed by atoms with van der Waals surface area (Å²) in [6.07, 6.45) is -0.376. The third kappa shape index (κ3) is 2.98. The molecule has 1 heterocycles. The van der Waals surface area contributed by atoms with E-state index in [-0.39, 0.29) is 12.1 Å². The summed E-state index contributed by atoms with van der Waals surface area (Å²) in [4.78, 5) is 0. The van der Waals surface area contributed by atoms with E-state index in [2.05, 4.69) is 6.92 Å². The van der Waals surface area contributed by atoms with Crippen molar-refractivity contribution in [1.82, 2.24) is 0 Å². The van der Waals surface area contributed by atoms with E-state index in [4.69, 9.17) is 9.47 Å². The molecule has 1 aliphatic rings. The zero-order valence-electron chi connectivity index (χ0n) is 8.70. The molecule has 0 spiro atoms. The molecule has 2 rings (SSSR count). The first-order valence-corrected chi connectivity index (χ1v) is 7.75. The maximum absolute atomic E-state index is 13.2. The Hall–Kier alpha value is 0.00506. The third-order valence-electron chi connectivity index (χ3n) is 2.32. The molecule has 0 N–H and O–H groups in total. The maximum atomic E-state index is 13.2. The van der Waals surface area contributed by atoms with Gasteiger partial charge in [0.25, 0.3) is 0 Å². The van der Waals surface area contributed by atoms with Crippen LogP contribution in [0.4, 0.5) is 4.39 Å². The average Bonchev–Trinajstić information content (AvgIpc) is 2.17. The third-order valence-corrected chi connectivity index (χ3v) is 3.90. The van der Waals surface area contributed by atoms with Gasteiger partial charge in [-0.05, 0) is 0 Å². The summed E-state index contributed by atoms with van der Waals surface area (Å²) in [5.41, 5.74) is 0.812. The number of hydrogen-bond acceptors (Lipinski definition) is 2. The van der Waals surface area contributed by atoms with Crippen LogP contribution in [-0.4, -0.2) is 13.2 Å². The molecule has 77 valence electrons. The van der Waals surface area contributed by atoms with Crippen LogP contribution in [0.15, 0.2) is 18.2 Å². The molecule has 1 fully saturated rings. The van der Waals surface area contributed by atoms with Crippen LogP contribution in [-0.2, 0) is 35.6 Å². The average molecular weight is 396 g/mol. The summed E-state index contributed by atoms with van der Waals surface area (Å²) in [6.45, 7) is 3.44. The molecule has 1 saturated heterocycles. The van der Waals surface area contributed by atoms with E-state index < -0.39 is 0 Å². The van der Waals surface area contributed by atoms with E-state index in [1.165, 1.54) is 6.07 Å². The van der Waals surface area contributed by atoms with Gasteiger partial charge in [0, 0.05) is 0 Å². The van der Waals surface area contributed by atoms with Crippen molar-refractivity contribution in [1.29, 1.82) is 0 Å². The van der Waals surface area contributed by atoms with Crippen molar-refractivity contribution in [2.45, 2.75) is 13.2 Å². The first-order chi connectivity index (χ1) is 7.15. The van der Waals surface area contributed by atoms with Crippen molar-refractivity contribution < 1.29 is 40.0 Å². The monoisotopic (exact) mass is 397 g/mol. The molecule has 4 heteroatoms. The molecular formula is C11H12FHgO2. The predicted molar refractivity (Wildman–Crippen MR) is 49.8 cm³/mol. The van der Waals surface area contributed by atoms with Crippen LogP contribution < -0.4 is 3.07 Å². The number of rotatable bonds is 1. The Kier molecular flexibility index (Phi) is 3.75. The zero-order chi connectivity index (χ0) is 10.8. The fraction of sp³-hybridized carbons (Fsp3) is 0.455. The van der Waals surface area contributed by atoms with E-state index in [0.29, 0.717) is 45.3 Å². The van der Waals surface area contributed by atoms with Crippen LogP contribution in [0.5, 0.6) is 0 Å². The molecule has 0 unspecified atom stereocenters. The van der Waals surface area contributed by atoms with Gasteiger partial charge in [-0.15, -0.1) is 0 Å². The van der Waals surface area contributed by atoms with Crippen molar-refractivity contribution in [3.05, 3.63) is 29.6 Å². The first-order valence-electron chi connectivity index (χ1n) is 5.01. The first kappa shape index (κ1) is 11.5. The van der Waals surface area contributed by atoms with Gasteiger partial charge in [-0.25, -0.2) is 0 Å². The van der Waals surface area contributed by atoms with Gasteiger partial charge in [-0.2, -0.15) is 0 Å². The van der Waals surface area contributed by atoms with Crippen LogP contribution >= 0.6 is 0 Å². The van der Waals surface area contributed by atoms with E-state index in [1.54, 1.807) is 6.07 Å². The number of ether oxygens (including phenoxy) is 2. The van der Waals surface area contributed by atoms with Gasteiger partial charge in [0.15, 0.2) is 0 Å². The molecule has 0 radical (unpaired) electrons. The number of halogens is 1. The molecule has 1 aliphatic heterocycles. The summed E-state index contributed by atoms with van der Waals surface area (Å²) in [5.74, 6) is 0.234. The summed E-state index contributed by atoms with van der Waals surface area (Å²) < 4.78 is 25.3. The Morgan fingerprint density at radius 2 is 1.93 bits per heavy atom. The Morgan fingerprint density at radius 3 is 2.53 bits per heavy atom. The standard InChI is InChI=1S/C11H12FO2.Hg/c1-8-6-13-11(14-7-8)9-3-2-4-10(12)5-9;/h3-5,8,11H,6-7H2,1H3;. The van der Waals surface area contributed by atoms with Gasteiger partial charge < -0.3 is 0 Å². The van der Waals surface area contributed by atoms with Gasteiger partial charge in [-0.1, -0.05) is 0 Å². The quantitative estimate of drug-likeness (QED) is 0.674. The topological polar surface area (TPSA) is 18.5 Å². The van der Waals surface area contributed by atoms with Crippen molar-refractivity contribution in [3.63, 3.8) is 0 Å². The van der Waals surface area contributed by atoms with Crippen LogP contribution in [0.2, 0.25) is 0 Å². The normalized spacial score (nSPS) is 26.7. The molecule has 0 aromatic heterocycles. The Balaban J connectivity index is 2.15. The van der Waals surface area contributed by atoms with Gasteiger partial charge >= 0.3 is 105 Å². The molecule has 0 aliphatic carbocycles. The SMILES string of the molecule is CC1COC(c2cc(F)c[c]([Hg])c2)OC1. The van der Waals surface area contributed by atoms with E-state index in [9.17, 15) is 4.39 Å². The van der Waals surface area contributed by atoms with Crippen LogP contribution in [0.1, 0.15) is 18.8 Å². The minimum absolute atomic E-state index is 0.191.